The van der Waals surface area contributed by atoms with Crippen LogP contribution in [-0.2, 0) is 9.59 Å². The van der Waals surface area contributed by atoms with Crippen molar-refractivity contribution < 1.29 is 19.1 Å². The fourth-order valence-electron chi connectivity index (χ4n) is 2.40. The second-order valence-electron chi connectivity index (χ2n) is 6.19. The minimum Gasteiger partial charge on any atom is -0.483 e. The van der Waals surface area contributed by atoms with Gasteiger partial charge in [0, 0.05) is 24.0 Å². The summed E-state index contributed by atoms with van der Waals surface area (Å²) in [5.74, 6) is 0.426. The van der Waals surface area contributed by atoms with Gasteiger partial charge in [0.2, 0.25) is 5.91 Å². The molecule has 0 fully saturated rings. The first kappa shape index (κ1) is 21.2. The van der Waals surface area contributed by atoms with Gasteiger partial charge in [-0.05, 0) is 37.0 Å². The summed E-state index contributed by atoms with van der Waals surface area (Å²) in [5, 5.41) is 5.48. The van der Waals surface area contributed by atoms with Gasteiger partial charge in [0.15, 0.2) is 12.9 Å². The molecule has 6 nitrogen and oxygen atoms in total. The topological polar surface area (TPSA) is 84.5 Å². The minimum atomic E-state index is -0.276. The average molecular weight is 413 g/mol. The van der Waals surface area contributed by atoms with Gasteiger partial charge in [0.1, 0.15) is 5.75 Å². The van der Waals surface area contributed by atoms with Gasteiger partial charge in [-0.15, -0.1) is 0 Å². The highest BCUT2D eigenvalue weighted by atomic mass is 79.9. The van der Waals surface area contributed by atoms with Crippen LogP contribution < -0.4 is 15.4 Å². The Morgan fingerprint density at radius 3 is 2.60 bits per heavy atom. The Morgan fingerprint density at radius 1 is 1.28 bits per heavy atom. The number of rotatable bonds is 10. The van der Waals surface area contributed by atoms with Crippen LogP contribution in [0, 0.1) is 5.92 Å². The molecule has 0 radical (unpaired) electrons. The summed E-state index contributed by atoms with van der Waals surface area (Å²) >= 11 is 3.28. The molecule has 0 spiro atoms. The molecule has 2 N–H and O–H groups in total. The Balaban J connectivity index is 2.58. The molecule has 25 heavy (non-hydrogen) atoms. The Hall–Kier alpha value is -1.89. The molecule has 7 heteroatoms. The number of hydrogen-bond donors (Lipinski definition) is 2. The van der Waals surface area contributed by atoms with Gasteiger partial charge in [0.25, 0.3) is 5.91 Å². The predicted octanol–water partition coefficient (Wildman–Crippen LogP) is 2.70. The third-order valence-corrected chi connectivity index (χ3v) is 4.07. The molecule has 1 rings (SSSR count). The van der Waals surface area contributed by atoms with Crippen molar-refractivity contribution in [3.8, 4) is 5.75 Å². The van der Waals surface area contributed by atoms with Crippen LogP contribution in [0.1, 0.15) is 43.5 Å². The molecule has 1 atom stereocenters. The summed E-state index contributed by atoms with van der Waals surface area (Å²) in [5.41, 5.74) is 0.375. The van der Waals surface area contributed by atoms with Gasteiger partial charge in [-0.2, -0.15) is 0 Å². The molecule has 0 aliphatic carbocycles. The maximum atomic E-state index is 12.2. The van der Waals surface area contributed by atoms with Crippen molar-refractivity contribution in [2.75, 3.05) is 13.7 Å². The van der Waals surface area contributed by atoms with Gasteiger partial charge in [-0.1, -0.05) is 29.8 Å². The lowest BCUT2D eigenvalue weighted by molar-refractivity contribution is -0.125. The zero-order valence-electron chi connectivity index (χ0n) is 14.8. The van der Waals surface area contributed by atoms with Crippen molar-refractivity contribution >= 4 is 34.0 Å². The summed E-state index contributed by atoms with van der Waals surface area (Å²) in [7, 11) is 1.59. The normalized spacial score (nSPS) is 11.7. The molecule has 1 aromatic rings. The molecular weight excluding hydrogens is 388 g/mol. The summed E-state index contributed by atoms with van der Waals surface area (Å²) in [6, 6.07) is 4.91. The molecule has 0 bridgehead atoms. The number of benzene rings is 1. The Labute approximate surface area is 156 Å². The highest BCUT2D eigenvalue weighted by Gasteiger charge is 2.16. The van der Waals surface area contributed by atoms with Crippen LogP contribution in [0.2, 0.25) is 0 Å². The molecule has 0 aromatic heterocycles. The van der Waals surface area contributed by atoms with E-state index in [1.807, 2.05) is 0 Å². The van der Waals surface area contributed by atoms with Gasteiger partial charge < -0.3 is 15.4 Å². The van der Waals surface area contributed by atoms with Crippen LogP contribution >= 0.6 is 15.9 Å². The Morgan fingerprint density at radius 2 is 2.00 bits per heavy atom. The quantitative estimate of drug-likeness (QED) is 0.578. The fourth-order valence-corrected chi connectivity index (χ4v) is 2.78. The molecule has 0 heterocycles. The number of aldehydes is 1. The van der Waals surface area contributed by atoms with Crippen LogP contribution in [0.4, 0.5) is 0 Å². The third kappa shape index (κ3) is 8.16. The second-order valence-corrected chi connectivity index (χ2v) is 7.11. The van der Waals surface area contributed by atoms with Crippen LogP contribution in [0.15, 0.2) is 22.7 Å². The first-order valence-electron chi connectivity index (χ1n) is 8.23. The molecule has 0 unspecified atom stereocenters. The van der Waals surface area contributed by atoms with Crippen molar-refractivity contribution in [3.05, 3.63) is 28.2 Å². The van der Waals surface area contributed by atoms with Gasteiger partial charge in [0.05, 0.1) is 5.56 Å². The number of carbonyl (C=O) groups excluding carboxylic acids is 3. The predicted molar refractivity (Wildman–Crippen MR) is 99.7 cm³/mol. The molecular formula is C18H25BrN2O4. The van der Waals surface area contributed by atoms with Crippen LogP contribution in [-0.4, -0.2) is 37.8 Å². The monoisotopic (exact) mass is 412 g/mol. The number of carbonyl (C=O) groups is 3. The average Bonchev–Trinajstić information content (AvgIpc) is 2.57. The van der Waals surface area contributed by atoms with E-state index in [9.17, 15) is 14.4 Å². The largest absolute Gasteiger partial charge is 0.483 e. The van der Waals surface area contributed by atoms with Crippen molar-refractivity contribution in [2.45, 2.75) is 39.2 Å². The molecule has 138 valence electrons. The van der Waals surface area contributed by atoms with Crippen molar-refractivity contribution in [2.24, 2.45) is 5.92 Å². The molecule has 0 aliphatic heterocycles. The van der Waals surface area contributed by atoms with E-state index in [2.05, 4.69) is 40.4 Å². The van der Waals surface area contributed by atoms with Crippen molar-refractivity contribution in [3.63, 3.8) is 0 Å². The van der Waals surface area contributed by atoms with Crippen LogP contribution in [0.5, 0.6) is 5.75 Å². The smallest absolute Gasteiger partial charge is 0.258 e. The van der Waals surface area contributed by atoms with Crippen molar-refractivity contribution in [1.82, 2.24) is 10.6 Å². The van der Waals surface area contributed by atoms with Crippen LogP contribution in [0.25, 0.3) is 0 Å². The third-order valence-electron chi connectivity index (χ3n) is 3.58. The maximum absolute atomic E-state index is 12.2. The highest BCUT2D eigenvalue weighted by molar-refractivity contribution is 9.10. The van der Waals surface area contributed by atoms with Gasteiger partial charge >= 0.3 is 0 Å². The fraction of sp³-hybridized carbons (Fsp3) is 0.500. The highest BCUT2D eigenvalue weighted by Crippen LogP contribution is 2.21. The minimum absolute atomic E-state index is 0.0512. The second kappa shape index (κ2) is 10.9. The first-order chi connectivity index (χ1) is 11.8. The lowest BCUT2D eigenvalue weighted by atomic mass is 9.99. The van der Waals surface area contributed by atoms with Crippen molar-refractivity contribution in [1.29, 1.82) is 0 Å². The van der Waals surface area contributed by atoms with E-state index in [4.69, 9.17) is 4.74 Å². The molecule has 0 aliphatic rings. The lowest BCUT2D eigenvalue weighted by Crippen LogP contribution is -2.39. The van der Waals surface area contributed by atoms with E-state index in [0.717, 1.165) is 10.9 Å². The van der Waals surface area contributed by atoms with E-state index in [1.165, 1.54) is 0 Å². The number of nitrogens with one attached hydrogen (secondary N) is 2. The van der Waals surface area contributed by atoms with Gasteiger partial charge in [-0.3, -0.25) is 14.4 Å². The van der Waals surface area contributed by atoms with E-state index < -0.39 is 0 Å². The maximum Gasteiger partial charge on any atom is 0.258 e. The SMILES string of the molecule is CNC(=O)CC[C@H](CC(C)C)NC(=O)COc1ccc(Br)cc1C=O. The summed E-state index contributed by atoms with van der Waals surface area (Å²) in [4.78, 5) is 34.6. The Bertz CT molecular complexity index is 605. The van der Waals surface area contributed by atoms with Gasteiger partial charge in [-0.25, -0.2) is 0 Å². The zero-order valence-corrected chi connectivity index (χ0v) is 16.4. The summed E-state index contributed by atoms with van der Waals surface area (Å²) in [6.45, 7) is 3.94. The van der Waals surface area contributed by atoms with E-state index in [0.29, 0.717) is 36.4 Å². The van der Waals surface area contributed by atoms with E-state index >= 15 is 0 Å². The molecule has 0 saturated heterocycles. The molecule has 1 aromatic carbocycles. The van der Waals surface area contributed by atoms with E-state index in [1.54, 1.807) is 25.2 Å². The first-order valence-corrected chi connectivity index (χ1v) is 9.02. The standard InChI is InChI=1S/C18H25BrN2O4/c1-12(2)8-15(5-7-17(23)20-3)21-18(24)11-25-16-6-4-14(19)9-13(16)10-22/h4,6,9-10,12,15H,5,7-8,11H2,1-3H3,(H,20,23)(H,21,24)/t15-/m1/s1. The number of amides is 2. The zero-order chi connectivity index (χ0) is 18.8. The lowest BCUT2D eigenvalue weighted by Gasteiger charge is -2.20. The molecule has 0 saturated carbocycles. The van der Waals surface area contributed by atoms with Crippen LogP contribution in [0.3, 0.4) is 0 Å². The number of halogens is 1. The number of hydrogen-bond acceptors (Lipinski definition) is 4. The number of ether oxygens (including phenoxy) is 1. The molecule has 2 amide bonds. The summed E-state index contributed by atoms with van der Waals surface area (Å²) in [6.07, 6.45) is 2.39. The Kier molecular flexibility index (Phi) is 9.20. The van der Waals surface area contributed by atoms with E-state index in [-0.39, 0.29) is 24.5 Å². The summed E-state index contributed by atoms with van der Waals surface area (Å²) < 4.78 is 6.22.